The molecule has 2 aromatic rings. The lowest BCUT2D eigenvalue weighted by atomic mass is 9.74. The Bertz CT molecular complexity index is 906. The van der Waals surface area contributed by atoms with E-state index >= 15 is 0 Å². The largest absolute Gasteiger partial charge is 0.348 e. The highest BCUT2D eigenvalue weighted by molar-refractivity contribution is 5.82. The van der Waals surface area contributed by atoms with Gasteiger partial charge >= 0.3 is 0 Å². The lowest BCUT2D eigenvalue weighted by Gasteiger charge is -2.36. The van der Waals surface area contributed by atoms with E-state index in [1.807, 2.05) is 16.9 Å². The second-order valence-electron chi connectivity index (χ2n) is 9.47. The summed E-state index contributed by atoms with van der Waals surface area (Å²) < 4.78 is 15.6. The molecule has 0 bridgehead atoms. The molecule has 1 saturated heterocycles. The Morgan fingerprint density at radius 3 is 2.83 bits per heavy atom. The minimum atomic E-state index is -0.286. The van der Waals surface area contributed by atoms with Gasteiger partial charge in [0, 0.05) is 11.6 Å². The van der Waals surface area contributed by atoms with E-state index in [-0.39, 0.29) is 29.2 Å². The third-order valence-corrected chi connectivity index (χ3v) is 6.10. The van der Waals surface area contributed by atoms with Crippen LogP contribution in [-0.2, 0) is 11.2 Å². The quantitative estimate of drug-likeness (QED) is 0.739. The molecule has 29 heavy (non-hydrogen) atoms. The Kier molecular flexibility index (Phi) is 5.21. The van der Waals surface area contributed by atoms with Crippen LogP contribution in [0.1, 0.15) is 57.8 Å². The summed E-state index contributed by atoms with van der Waals surface area (Å²) in [5, 5.41) is 7.78. The standard InChI is InChI=1S/C22H30FN5O/c1-13(2)17-9-18(27-26-17)21(29)25-19-10-22(3,4)11-20-16(19)12-24-28(20)15-7-5-6-14(23)8-15/h5-8,12-13,17-19,26-27H,9-11H2,1-4H3,(H,25,29). The summed E-state index contributed by atoms with van der Waals surface area (Å²) in [6.45, 7) is 8.69. The number of nitrogens with zero attached hydrogens (tertiary/aromatic N) is 2. The topological polar surface area (TPSA) is 71.0 Å². The van der Waals surface area contributed by atoms with Crippen LogP contribution in [0.2, 0.25) is 0 Å². The number of hydrogen-bond acceptors (Lipinski definition) is 4. The molecule has 3 unspecified atom stereocenters. The van der Waals surface area contributed by atoms with Crippen LogP contribution in [0, 0.1) is 17.2 Å². The fourth-order valence-corrected chi connectivity index (χ4v) is 4.46. The van der Waals surface area contributed by atoms with Crippen LogP contribution < -0.4 is 16.2 Å². The lowest BCUT2D eigenvalue weighted by molar-refractivity contribution is -0.124. The van der Waals surface area contributed by atoms with Crippen molar-refractivity contribution in [1.82, 2.24) is 25.9 Å². The summed E-state index contributed by atoms with van der Waals surface area (Å²) in [7, 11) is 0. The third-order valence-electron chi connectivity index (χ3n) is 6.10. The van der Waals surface area contributed by atoms with Crippen molar-refractivity contribution in [2.45, 2.75) is 65.1 Å². The van der Waals surface area contributed by atoms with Crippen molar-refractivity contribution in [2.24, 2.45) is 11.3 Å². The first-order valence-corrected chi connectivity index (χ1v) is 10.4. The number of hydrazine groups is 1. The number of amides is 1. The highest BCUT2D eigenvalue weighted by Crippen LogP contribution is 2.41. The van der Waals surface area contributed by atoms with Gasteiger partial charge in [-0.2, -0.15) is 5.10 Å². The molecule has 1 aliphatic carbocycles. The van der Waals surface area contributed by atoms with Gasteiger partial charge < -0.3 is 5.32 Å². The monoisotopic (exact) mass is 399 g/mol. The van der Waals surface area contributed by atoms with Gasteiger partial charge in [-0.3, -0.25) is 10.2 Å². The number of hydrogen-bond donors (Lipinski definition) is 3. The van der Waals surface area contributed by atoms with Crippen LogP contribution in [0.25, 0.3) is 5.69 Å². The normalized spacial score (nSPS) is 25.8. The molecular formula is C22H30FN5O. The summed E-state index contributed by atoms with van der Waals surface area (Å²) in [6, 6.07) is 6.40. The van der Waals surface area contributed by atoms with Crippen LogP contribution in [-0.4, -0.2) is 27.8 Å². The Balaban J connectivity index is 1.58. The summed E-state index contributed by atoms with van der Waals surface area (Å²) in [5.74, 6) is 0.184. The van der Waals surface area contributed by atoms with Crippen molar-refractivity contribution in [2.75, 3.05) is 0 Å². The van der Waals surface area contributed by atoms with E-state index in [1.165, 1.54) is 12.1 Å². The van der Waals surface area contributed by atoms with Gasteiger partial charge in [-0.1, -0.05) is 33.8 Å². The van der Waals surface area contributed by atoms with E-state index in [2.05, 4.69) is 49.0 Å². The maximum absolute atomic E-state index is 13.7. The highest BCUT2D eigenvalue weighted by Gasteiger charge is 2.38. The zero-order chi connectivity index (χ0) is 20.8. The highest BCUT2D eigenvalue weighted by atomic mass is 19.1. The molecule has 1 amide bonds. The van der Waals surface area contributed by atoms with Crippen molar-refractivity contribution in [3.8, 4) is 5.69 Å². The first-order chi connectivity index (χ1) is 13.7. The van der Waals surface area contributed by atoms with Gasteiger partial charge in [0.05, 0.1) is 23.6 Å². The van der Waals surface area contributed by atoms with Crippen LogP contribution in [0.15, 0.2) is 30.5 Å². The van der Waals surface area contributed by atoms with Gasteiger partial charge in [0.15, 0.2) is 0 Å². The average molecular weight is 400 g/mol. The molecule has 0 spiro atoms. The number of carbonyl (C=O) groups is 1. The molecule has 156 valence electrons. The van der Waals surface area contributed by atoms with Crippen LogP contribution in [0.3, 0.4) is 0 Å². The second kappa shape index (κ2) is 7.54. The molecule has 6 nitrogen and oxygen atoms in total. The van der Waals surface area contributed by atoms with Crippen LogP contribution in [0.5, 0.6) is 0 Å². The van der Waals surface area contributed by atoms with Gasteiger partial charge in [-0.25, -0.2) is 14.5 Å². The van der Waals surface area contributed by atoms with Crippen molar-refractivity contribution < 1.29 is 9.18 Å². The molecule has 1 aromatic heterocycles. The molecule has 4 rings (SSSR count). The Hall–Kier alpha value is -2.25. The maximum Gasteiger partial charge on any atom is 0.239 e. The number of nitrogens with one attached hydrogen (secondary N) is 3. The SMILES string of the molecule is CC(C)C1CC(C(=O)NC2CC(C)(C)Cc3c2cnn3-c2cccc(F)c2)NN1. The van der Waals surface area contributed by atoms with Crippen LogP contribution in [0.4, 0.5) is 4.39 Å². The number of benzene rings is 1. The summed E-state index contributed by atoms with van der Waals surface area (Å²) in [4.78, 5) is 12.9. The molecular weight excluding hydrogens is 369 g/mol. The first kappa shape index (κ1) is 20.0. The Morgan fingerprint density at radius 1 is 1.34 bits per heavy atom. The smallest absolute Gasteiger partial charge is 0.239 e. The average Bonchev–Trinajstić information content (AvgIpc) is 3.28. The van der Waals surface area contributed by atoms with Gasteiger partial charge in [0.25, 0.3) is 0 Å². The zero-order valence-electron chi connectivity index (χ0n) is 17.5. The number of carbonyl (C=O) groups excluding carboxylic acids is 1. The van der Waals surface area contributed by atoms with E-state index in [0.717, 1.165) is 30.5 Å². The molecule has 1 aromatic carbocycles. The van der Waals surface area contributed by atoms with Crippen molar-refractivity contribution in [1.29, 1.82) is 0 Å². The number of halogens is 1. The molecule has 2 heterocycles. The fraction of sp³-hybridized carbons (Fsp3) is 0.545. The molecule has 7 heteroatoms. The summed E-state index contributed by atoms with van der Waals surface area (Å²) >= 11 is 0. The second-order valence-corrected chi connectivity index (χ2v) is 9.47. The molecule has 3 N–H and O–H groups in total. The molecule has 0 saturated carbocycles. The minimum absolute atomic E-state index is 0.00211. The molecule has 1 aliphatic heterocycles. The predicted molar refractivity (Wildman–Crippen MR) is 110 cm³/mol. The molecule has 3 atom stereocenters. The first-order valence-electron chi connectivity index (χ1n) is 10.4. The maximum atomic E-state index is 13.7. The minimum Gasteiger partial charge on any atom is -0.348 e. The fourth-order valence-electron chi connectivity index (χ4n) is 4.46. The van der Waals surface area contributed by atoms with E-state index in [4.69, 9.17) is 0 Å². The Morgan fingerprint density at radius 2 is 2.14 bits per heavy atom. The van der Waals surface area contributed by atoms with Crippen LogP contribution >= 0.6 is 0 Å². The lowest BCUT2D eigenvalue weighted by Crippen LogP contribution is -2.46. The Labute approximate surface area is 171 Å². The molecule has 1 fully saturated rings. The predicted octanol–water partition coefficient (Wildman–Crippen LogP) is 3.03. The van der Waals surface area contributed by atoms with Gasteiger partial charge in [0.2, 0.25) is 5.91 Å². The van der Waals surface area contributed by atoms with Crippen molar-refractivity contribution >= 4 is 5.91 Å². The van der Waals surface area contributed by atoms with E-state index in [1.54, 1.807) is 6.07 Å². The van der Waals surface area contributed by atoms with Crippen molar-refractivity contribution in [3.63, 3.8) is 0 Å². The van der Waals surface area contributed by atoms with E-state index in [0.29, 0.717) is 17.6 Å². The van der Waals surface area contributed by atoms with Gasteiger partial charge in [-0.05, 0) is 48.8 Å². The van der Waals surface area contributed by atoms with Crippen molar-refractivity contribution in [3.05, 3.63) is 47.5 Å². The zero-order valence-corrected chi connectivity index (χ0v) is 17.5. The molecule has 0 radical (unpaired) electrons. The number of aromatic nitrogens is 2. The molecule has 2 aliphatic rings. The van der Waals surface area contributed by atoms with E-state index < -0.39 is 0 Å². The number of fused-ring (bicyclic) bond motifs is 1. The van der Waals surface area contributed by atoms with E-state index in [9.17, 15) is 9.18 Å². The summed E-state index contributed by atoms with van der Waals surface area (Å²) in [5.41, 5.74) is 9.12. The summed E-state index contributed by atoms with van der Waals surface area (Å²) in [6.07, 6.45) is 4.25. The van der Waals surface area contributed by atoms with Gasteiger partial charge in [0.1, 0.15) is 11.9 Å². The number of rotatable bonds is 4. The third kappa shape index (κ3) is 4.07. The van der Waals surface area contributed by atoms with Gasteiger partial charge in [-0.15, -0.1) is 0 Å².